The Bertz CT molecular complexity index is 1100. The van der Waals surface area contributed by atoms with Gasteiger partial charge in [-0.2, -0.15) is 0 Å². The van der Waals surface area contributed by atoms with Gasteiger partial charge in [0.25, 0.3) is 0 Å². The van der Waals surface area contributed by atoms with Crippen LogP contribution in [0.4, 0.5) is 0 Å². The van der Waals surface area contributed by atoms with E-state index < -0.39 is 28.7 Å². The van der Waals surface area contributed by atoms with E-state index in [9.17, 15) is 9.59 Å². The SMILES string of the molecule is CC(C)(C)OC(=O)CC1(C(=O)OC(C)(C)C)CC(c2cc(OCc3ccccc3)ccc2Br)=NO1. The first-order valence-electron chi connectivity index (χ1n) is 11.4. The molecule has 0 radical (unpaired) electrons. The zero-order valence-corrected chi connectivity index (χ0v) is 22.6. The maximum absolute atomic E-state index is 13.2. The van der Waals surface area contributed by atoms with Gasteiger partial charge in [-0.25, -0.2) is 4.79 Å². The molecule has 0 aliphatic carbocycles. The largest absolute Gasteiger partial charge is 0.489 e. The molecule has 0 aromatic heterocycles. The third kappa shape index (κ3) is 7.56. The minimum atomic E-state index is -1.62. The van der Waals surface area contributed by atoms with E-state index in [2.05, 4.69) is 21.1 Å². The van der Waals surface area contributed by atoms with Gasteiger partial charge in [-0.3, -0.25) is 4.79 Å². The summed E-state index contributed by atoms with van der Waals surface area (Å²) in [6, 6.07) is 15.4. The molecule has 35 heavy (non-hydrogen) atoms. The summed E-state index contributed by atoms with van der Waals surface area (Å²) in [5, 5.41) is 4.20. The van der Waals surface area contributed by atoms with Gasteiger partial charge in [0.15, 0.2) is 0 Å². The van der Waals surface area contributed by atoms with Crippen LogP contribution in [0.5, 0.6) is 5.75 Å². The molecule has 7 nitrogen and oxygen atoms in total. The molecule has 0 spiro atoms. The third-order valence-electron chi connectivity index (χ3n) is 4.90. The van der Waals surface area contributed by atoms with Crippen molar-refractivity contribution in [2.45, 2.75) is 77.8 Å². The van der Waals surface area contributed by atoms with Crippen LogP contribution in [-0.4, -0.2) is 34.5 Å². The predicted octanol–water partition coefficient (Wildman–Crippen LogP) is 5.96. The van der Waals surface area contributed by atoms with Crippen LogP contribution in [0.25, 0.3) is 0 Å². The van der Waals surface area contributed by atoms with Crippen LogP contribution < -0.4 is 4.74 Å². The van der Waals surface area contributed by atoms with E-state index >= 15 is 0 Å². The van der Waals surface area contributed by atoms with Crippen LogP contribution in [0, 0.1) is 0 Å². The summed E-state index contributed by atoms with van der Waals surface area (Å²) in [7, 11) is 0. The van der Waals surface area contributed by atoms with Gasteiger partial charge in [-0.15, -0.1) is 0 Å². The Morgan fingerprint density at radius 1 is 1.00 bits per heavy atom. The zero-order valence-electron chi connectivity index (χ0n) is 21.0. The van der Waals surface area contributed by atoms with Crippen molar-refractivity contribution in [2.24, 2.45) is 5.16 Å². The molecule has 1 aliphatic rings. The second-order valence-corrected chi connectivity index (χ2v) is 11.3. The lowest BCUT2D eigenvalue weighted by Crippen LogP contribution is -2.46. The van der Waals surface area contributed by atoms with Gasteiger partial charge in [0.2, 0.25) is 5.60 Å². The maximum Gasteiger partial charge on any atom is 0.354 e. The van der Waals surface area contributed by atoms with Crippen molar-refractivity contribution in [1.29, 1.82) is 0 Å². The van der Waals surface area contributed by atoms with Crippen LogP contribution in [0.15, 0.2) is 58.2 Å². The van der Waals surface area contributed by atoms with E-state index in [4.69, 9.17) is 19.0 Å². The van der Waals surface area contributed by atoms with E-state index in [1.54, 1.807) is 41.5 Å². The fourth-order valence-electron chi connectivity index (χ4n) is 3.44. The molecule has 0 fully saturated rings. The molecule has 1 heterocycles. The van der Waals surface area contributed by atoms with Crippen LogP contribution in [-0.2, 0) is 30.5 Å². The number of benzene rings is 2. The Hall–Kier alpha value is -2.87. The topological polar surface area (TPSA) is 83.4 Å². The van der Waals surface area contributed by atoms with Gasteiger partial charge in [0.05, 0.1) is 12.1 Å². The van der Waals surface area contributed by atoms with Gasteiger partial charge in [-0.1, -0.05) is 51.4 Å². The number of rotatable bonds is 7. The Morgan fingerprint density at radius 3 is 2.29 bits per heavy atom. The standard InChI is InChI=1S/C27H32BrNO6/c1-25(2,3)33-23(30)16-27(24(31)34-26(4,5)6)15-22(29-35-27)20-14-19(12-13-21(20)28)32-17-18-10-8-7-9-11-18/h7-14H,15-17H2,1-6H3. The van der Waals surface area contributed by atoms with E-state index in [1.165, 1.54) is 0 Å². The first-order chi connectivity index (χ1) is 16.3. The maximum atomic E-state index is 13.2. The van der Waals surface area contributed by atoms with Gasteiger partial charge < -0.3 is 19.0 Å². The van der Waals surface area contributed by atoms with Crippen LogP contribution >= 0.6 is 15.9 Å². The fourth-order valence-corrected chi connectivity index (χ4v) is 3.91. The monoisotopic (exact) mass is 545 g/mol. The zero-order chi connectivity index (χ0) is 25.9. The Labute approximate surface area is 214 Å². The average Bonchev–Trinajstić information content (AvgIpc) is 3.16. The van der Waals surface area contributed by atoms with Crippen molar-refractivity contribution in [2.75, 3.05) is 0 Å². The summed E-state index contributed by atoms with van der Waals surface area (Å²) in [5.41, 5.74) is -0.857. The molecule has 1 atom stereocenters. The first-order valence-corrected chi connectivity index (χ1v) is 12.2. The van der Waals surface area contributed by atoms with Crippen LogP contribution in [0.3, 0.4) is 0 Å². The summed E-state index contributed by atoms with van der Waals surface area (Å²) in [6.07, 6.45) is -0.282. The van der Waals surface area contributed by atoms with E-state index in [0.717, 1.165) is 10.0 Å². The lowest BCUT2D eigenvalue weighted by Gasteiger charge is -2.29. The molecule has 1 aliphatic heterocycles. The average molecular weight is 546 g/mol. The number of carbonyl (C=O) groups is 2. The number of ether oxygens (including phenoxy) is 3. The third-order valence-corrected chi connectivity index (χ3v) is 5.59. The number of hydrogen-bond acceptors (Lipinski definition) is 7. The van der Waals surface area contributed by atoms with Gasteiger partial charge in [0.1, 0.15) is 23.6 Å². The van der Waals surface area contributed by atoms with E-state index in [-0.39, 0.29) is 12.8 Å². The van der Waals surface area contributed by atoms with Crippen LogP contribution in [0.1, 0.15) is 65.5 Å². The highest BCUT2D eigenvalue weighted by molar-refractivity contribution is 9.10. The van der Waals surface area contributed by atoms with Crippen LogP contribution in [0.2, 0.25) is 0 Å². The molecule has 0 N–H and O–H groups in total. The lowest BCUT2D eigenvalue weighted by atomic mass is 9.90. The molecular formula is C27H32BrNO6. The number of nitrogens with zero attached hydrogens (tertiary/aromatic N) is 1. The molecule has 2 aromatic rings. The molecule has 0 bridgehead atoms. The van der Waals surface area contributed by atoms with Gasteiger partial charge in [0, 0.05) is 16.5 Å². The van der Waals surface area contributed by atoms with Crippen molar-refractivity contribution in [3.8, 4) is 5.75 Å². The smallest absolute Gasteiger partial charge is 0.354 e. The number of oxime groups is 1. The molecule has 0 amide bonds. The van der Waals surface area contributed by atoms with E-state index in [1.807, 2.05) is 48.5 Å². The van der Waals surface area contributed by atoms with Crippen molar-refractivity contribution < 1.29 is 28.6 Å². The molecule has 1 unspecified atom stereocenters. The second-order valence-electron chi connectivity index (χ2n) is 10.5. The molecule has 3 rings (SSSR count). The quantitative estimate of drug-likeness (QED) is 0.399. The molecule has 0 saturated carbocycles. The summed E-state index contributed by atoms with van der Waals surface area (Å²) >= 11 is 3.55. The highest BCUT2D eigenvalue weighted by Crippen LogP contribution is 2.36. The number of carbonyl (C=O) groups excluding carboxylic acids is 2. The Morgan fingerprint density at radius 2 is 1.66 bits per heavy atom. The van der Waals surface area contributed by atoms with Crippen molar-refractivity contribution in [1.82, 2.24) is 0 Å². The summed E-state index contributed by atoms with van der Waals surface area (Å²) < 4.78 is 17.8. The highest BCUT2D eigenvalue weighted by Gasteiger charge is 2.52. The first kappa shape index (κ1) is 26.7. The molecular weight excluding hydrogens is 514 g/mol. The van der Waals surface area contributed by atoms with Crippen molar-refractivity contribution in [3.05, 3.63) is 64.1 Å². The van der Waals surface area contributed by atoms with Crippen molar-refractivity contribution >= 4 is 33.6 Å². The second kappa shape index (κ2) is 10.4. The molecule has 8 heteroatoms. The molecule has 2 aromatic carbocycles. The summed E-state index contributed by atoms with van der Waals surface area (Å²) in [6.45, 7) is 11.0. The van der Waals surface area contributed by atoms with Crippen molar-refractivity contribution in [3.63, 3.8) is 0 Å². The summed E-state index contributed by atoms with van der Waals surface area (Å²) in [4.78, 5) is 31.6. The number of esters is 2. The highest BCUT2D eigenvalue weighted by atomic mass is 79.9. The molecule has 0 saturated heterocycles. The van der Waals surface area contributed by atoms with E-state index in [0.29, 0.717) is 23.6 Å². The molecule has 188 valence electrons. The number of hydrogen-bond donors (Lipinski definition) is 0. The fraction of sp³-hybridized carbons (Fsp3) is 0.444. The Balaban J connectivity index is 1.82. The number of halogens is 1. The van der Waals surface area contributed by atoms with Gasteiger partial charge >= 0.3 is 11.9 Å². The normalized spacial score (nSPS) is 17.9. The summed E-state index contributed by atoms with van der Waals surface area (Å²) in [5.74, 6) is -0.599. The minimum Gasteiger partial charge on any atom is -0.489 e. The van der Waals surface area contributed by atoms with Gasteiger partial charge in [-0.05, 0) is 65.3 Å². The minimum absolute atomic E-state index is 0.0435. The predicted molar refractivity (Wildman–Crippen MR) is 136 cm³/mol. The lowest BCUT2D eigenvalue weighted by molar-refractivity contribution is -0.188. The Kier molecular flexibility index (Phi) is 7.94.